The lowest BCUT2D eigenvalue weighted by atomic mass is 9.60. The van der Waals surface area contributed by atoms with Crippen LogP contribution >= 0.6 is 11.6 Å². The molecule has 0 spiro atoms. The quantitative estimate of drug-likeness (QED) is 0.603. The van der Waals surface area contributed by atoms with Gasteiger partial charge in [0.05, 0.1) is 23.7 Å². The normalized spacial score (nSPS) is 28.6. The summed E-state index contributed by atoms with van der Waals surface area (Å²) in [7, 11) is -3.31. The second kappa shape index (κ2) is 9.96. The number of halogens is 3. The highest BCUT2D eigenvalue weighted by molar-refractivity contribution is 7.92. The Balaban J connectivity index is 1.48. The number of hydrogen-bond acceptors (Lipinski definition) is 5. The van der Waals surface area contributed by atoms with Crippen LogP contribution in [0.1, 0.15) is 36.8 Å². The van der Waals surface area contributed by atoms with Gasteiger partial charge in [-0.05, 0) is 68.5 Å². The van der Waals surface area contributed by atoms with Crippen molar-refractivity contribution in [3.8, 4) is 5.75 Å². The molecule has 9 heteroatoms. The number of benzene rings is 2. The first kappa shape index (κ1) is 24.9. The Morgan fingerprint density at radius 1 is 1.11 bits per heavy atom. The molecular weight excluding hydrogens is 496 g/mol. The average Bonchev–Trinajstić information content (AvgIpc) is 2.86. The van der Waals surface area contributed by atoms with Crippen LogP contribution in [0.2, 0.25) is 5.02 Å². The fourth-order valence-corrected chi connectivity index (χ4v) is 7.99. The Hall–Kier alpha value is -1.74. The molecule has 0 radical (unpaired) electrons. The van der Waals surface area contributed by atoms with Gasteiger partial charge in [0.25, 0.3) is 0 Å². The molecule has 0 aromatic heterocycles. The smallest absolute Gasteiger partial charge is 0.165 e. The molecule has 2 fully saturated rings. The third kappa shape index (κ3) is 4.82. The van der Waals surface area contributed by atoms with Gasteiger partial charge in [-0.1, -0.05) is 23.7 Å². The van der Waals surface area contributed by atoms with Gasteiger partial charge in [-0.25, -0.2) is 17.2 Å². The van der Waals surface area contributed by atoms with E-state index in [-0.39, 0.29) is 29.6 Å². The average molecular weight is 526 g/mol. The van der Waals surface area contributed by atoms with Crippen molar-refractivity contribution >= 4 is 21.4 Å². The van der Waals surface area contributed by atoms with Crippen LogP contribution in [0.5, 0.6) is 5.75 Å². The lowest BCUT2D eigenvalue weighted by Gasteiger charge is -2.51. The summed E-state index contributed by atoms with van der Waals surface area (Å²) in [6.45, 7) is 1.77. The first-order valence-corrected chi connectivity index (χ1v) is 14.3. The molecule has 2 aromatic rings. The highest BCUT2D eigenvalue weighted by atomic mass is 35.5. The van der Waals surface area contributed by atoms with Gasteiger partial charge in [-0.3, -0.25) is 0 Å². The van der Waals surface area contributed by atoms with E-state index in [9.17, 15) is 12.8 Å². The van der Waals surface area contributed by atoms with Gasteiger partial charge in [0, 0.05) is 35.1 Å². The van der Waals surface area contributed by atoms with Gasteiger partial charge in [-0.2, -0.15) is 0 Å². The van der Waals surface area contributed by atoms with Crippen LogP contribution in [0.25, 0.3) is 0 Å². The molecule has 3 heterocycles. The van der Waals surface area contributed by atoms with Gasteiger partial charge < -0.3 is 14.8 Å². The Kier molecular flexibility index (Phi) is 7.09. The summed E-state index contributed by atoms with van der Waals surface area (Å²) < 4.78 is 68.1. The second-order valence-electron chi connectivity index (χ2n) is 9.89. The molecule has 2 aromatic carbocycles. The maximum atomic E-state index is 15.4. The number of ether oxygens (including phenoxy) is 2. The summed E-state index contributed by atoms with van der Waals surface area (Å²) in [5, 5.41) is 3.37. The Bertz CT molecular complexity index is 1170. The van der Waals surface area contributed by atoms with Gasteiger partial charge in [0.2, 0.25) is 0 Å². The van der Waals surface area contributed by atoms with Crippen molar-refractivity contribution in [1.29, 1.82) is 0 Å². The number of hydrogen-bond donors (Lipinski definition) is 1. The fraction of sp³-hybridized carbons (Fsp3) is 0.538. The molecule has 1 N–H and O–H groups in total. The van der Waals surface area contributed by atoms with Crippen LogP contribution in [-0.4, -0.2) is 51.8 Å². The van der Waals surface area contributed by atoms with Crippen molar-refractivity contribution in [2.24, 2.45) is 5.92 Å². The molecule has 4 atom stereocenters. The monoisotopic (exact) mass is 525 g/mol. The summed E-state index contributed by atoms with van der Waals surface area (Å²) in [6, 6.07) is 9.59. The molecular formula is C26H30ClF2NO4S. The summed E-state index contributed by atoms with van der Waals surface area (Å²) in [6.07, 6.45) is 2.27. The predicted octanol–water partition coefficient (Wildman–Crippen LogP) is 4.45. The van der Waals surface area contributed by atoms with E-state index >= 15 is 4.39 Å². The summed E-state index contributed by atoms with van der Waals surface area (Å²) in [5.74, 6) is -1.48. The summed E-state index contributed by atoms with van der Waals surface area (Å²) in [4.78, 5) is 0. The highest BCUT2D eigenvalue weighted by Gasteiger charge is 2.53. The number of fused-ring (bicyclic) bond motifs is 3. The molecule has 2 saturated heterocycles. The minimum atomic E-state index is -3.31. The molecule has 0 saturated carbocycles. The van der Waals surface area contributed by atoms with E-state index in [1.54, 1.807) is 12.1 Å². The maximum absolute atomic E-state index is 15.4. The zero-order valence-electron chi connectivity index (χ0n) is 19.4. The maximum Gasteiger partial charge on any atom is 0.165 e. The molecule has 0 bridgehead atoms. The van der Waals surface area contributed by atoms with E-state index in [1.165, 1.54) is 0 Å². The third-order valence-corrected chi connectivity index (χ3v) is 10.4. The summed E-state index contributed by atoms with van der Waals surface area (Å²) >= 11 is 6.08. The topological polar surface area (TPSA) is 64.6 Å². The van der Waals surface area contributed by atoms with E-state index < -0.39 is 38.2 Å². The molecule has 5 rings (SSSR count). The lowest BCUT2D eigenvalue weighted by Crippen LogP contribution is -2.55. The second-order valence-corrected chi connectivity index (χ2v) is 12.7. The van der Waals surface area contributed by atoms with Crippen molar-refractivity contribution in [2.45, 2.75) is 48.9 Å². The number of rotatable bonds is 6. The molecule has 35 heavy (non-hydrogen) atoms. The Labute approximate surface area is 210 Å². The standard InChI is InChI=1S/C26H30ClF2NO4S/c27-18-5-3-17(4-6-18)14-26-10-12-33-23(9-13-35(31,32)19-2-1-11-30-15-19)20(26)16-34-25-22(29)8-7-21(28)24(25)26/h3-8,19-20,23,30H,1-2,9-16H2/t19-,20-,23-,26-/m0/s1. The van der Waals surface area contributed by atoms with Crippen LogP contribution in [0.4, 0.5) is 8.78 Å². The van der Waals surface area contributed by atoms with Crippen LogP contribution in [0, 0.1) is 17.6 Å². The lowest BCUT2D eigenvalue weighted by molar-refractivity contribution is -0.0963. The van der Waals surface area contributed by atoms with Crippen molar-refractivity contribution in [1.82, 2.24) is 5.32 Å². The SMILES string of the molecule is O=S(=O)(CC[C@@H]1OCC[C@@]2(Cc3ccc(Cl)cc3)c3c(F)ccc(F)c3OC[C@@H]12)[C@H]1CCCNC1. The van der Waals surface area contributed by atoms with Gasteiger partial charge in [-0.15, -0.1) is 0 Å². The van der Waals surface area contributed by atoms with Crippen LogP contribution in [0.3, 0.4) is 0 Å². The first-order valence-electron chi connectivity index (χ1n) is 12.2. The molecule has 0 aliphatic carbocycles. The Morgan fingerprint density at radius 2 is 1.89 bits per heavy atom. The summed E-state index contributed by atoms with van der Waals surface area (Å²) in [5.41, 5.74) is 0.390. The van der Waals surface area contributed by atoms with Crippen LogP contribution in [-0.2, 0) is 26.4 Å². The van der Waals surface area contributed by atoms with E-state index in [0.29, 0.717) is 43.9 Å². The van der Waals surface area contributed by atoms with Crippen LogP contribution in [0.15, 0.2) is 36.4 Å². The predicted molar refractivity (Wildman–Crippen MR) is 131 cm³/mol. The minimum Gasteiger partial charge on any atom is -0.490 e. The van der Waals surface area contributed by atoms with E-state index in [2.05, 4.69) is 5.32 Å². The van der Waals surface area contributed by atoms with E-state index in [1.807, 2.05) is 12.1 Å². The zero-order chi connectivity index (χ0) is 24.6. The number of sulfone groups is 1. The fourth-order valence-electron chi connectivity index (χ4n) is 6.07. The van der Waals surface area contributed by atoms with E-state index in [0.717, 1.165) is 30.7 Å². The molecule has 3 aliphatic heterocycles. The molecule has 0 amide bonds. The minimum absolute atomic E-state index is 0.00394. The molecule has 3 aliphatic rings. The third-order valence-electron chi connectivity index (χ3n) is 7.88. The largest absolute Gasteiger partial charge is 0.490 e. The highest BCUT2D eigenvalue weighted by Crippen LogP contribution is 2.52. The Morgan fingerprint density at radius 3 is 2.63 bits per heavy atom. The van der Waals surface area contributed by atoms with Gasteiger partial charge in [0.15, 0.2) is 21.4 Å². The number of piperidine rings is 1. The van der Waals surface area contributed by atoms with Gasteiger partial charge >= 0.3 is 0 Å². The first-order chi connectivity index (χ1) is 16.8. The van der Waals surface area contributed by atoms with Crippen molar-refractivity contribution in [3.05, 3.63) is 64.2 Å². The number of nitrogens with one attached hydrogen (secondary N) is 1. The van der Waals surface area contributed by atoms with Crippen molar-refractivity contribution < 1.29 is 26.7 Å². The van der Waals surface area contributed by atoms with Crippen molar-refractivity contribution in [3.63, 3.8) is 0 Å². The van der Waals surface area contributed by atoms with E-state index in [4.69, 9.17) is 21.1 Å². The zero-order valence-corrected chi connectivity index (χ0v) is 21.0. The molecule has 190 valence electrons. The van der Waals surface area contributed by atoms with Crippen LogP contribution < -0.4 is 10.1 Å². The molecule has 5 nitrogen and oxygen atoms in total. The molecule has 0 unspecified atom stereocenters. The van der Waals surface area contributed by atoms with Gasteiger partial charge in [0.1, 0.15) is 5.82 Å². The van der Waals surface area contributed by atoms with Crippen molar-refractivity contribution in [2.75, 3.05) is 32.1 Å².